The molecule has 3 rings (SSSR count). The minimum absolute atomic E-state index is 0. The van der Waals surface area contributed by atoms with Crippen LogP contribution in [0.15, 0.2) is 48.2 Å². The zero-order chi connectivity index (χ0) is 25.1. The molecular formula is C30H38IrNO2-. The standard InChI is InChI=1S/C19H18N.C11H20O2.Ir/c1-12-5-7-14(3)17(9-12)19-11-15(4)16-8-6-13(2)10-18(16)20-19;1-10(2,3)8(12)7-9(13)11(4,5)6;/h5-8,10-11H,1-4H3;7,12H,1-6H3;/q-1;;/b;8-7-;. The number of aliphatic hydroxyl groups excluding tert-OH is 1. The summed E-state index contributed by atoms with van der Waals surface area (Å²) < 4.78 is 0. The van der Waals surface area contributed by atoms with Crippen LogP contribution in [0, 0.1) is 44.6 Å². The average molecular weight is 637 g/mol. The number of aromatic nitrogens is 1. The second-order valence-corrected chi connectivity index (χ2v) is 10.9. The first-order valence-corrected chi connectivity index (χ1v) is 11.4. The van der Waals surface area contributed by atoms with E-state index >= 15 is 0 Å². The molecule has 34 heavy (non-hydrogen) atoms. The van der Waals surface area contributed by atoms with E-state index in [1.165, 1.54) is 28.2 Å². The Balaban J connectivity index is 0.000000364. The number of carbonyl (C=O) groups excluding carboxylic acids is 1. The van der Waals surface area contributed by atoms with Gasteiger partial charge in [-0.1, -0.05) is 73.6 Å². The summed E-state index contributed by atoms with van der Waals surface area (Å²) in [5.41, 5.74) is 7.29. The molecule has 3 nitrogen and oxygen atoms in total. The summed E-state index contributed by atoms with van der Waals surface area (Å²) in [6.07, 6.45) is 1.33. The number of ketones is 1. The number of benzene rings is 2. The van der Waals surface area contributed by atoms with Crippen molar-refractivity contribution in [2.24, 2.45) is 10.8 Å². The maximum Gasteiger partial charge on any atom is 0.164 e. The molecule has 0 amide bonds. The predicted octanol–water partition coefficient (Wildman–Crippen LogP) is 8.02. The van der Waals surface area contributed by atoms with Gasteiger partial charge in [0.2, 0.25) is 0 Å². The third-order valence-corrected chi connectivity index (χ3v) is 5.50. The zero-order valence-electron chi connectivity index (χ0n) is 22.2. The van der Waals surface area contributed by atoms with Crippen LogP contribution in [0.5, 0.6) is 0 Å². The van der Waals surface area contributed by atoms with Gasteiger partial charge in [0, 0.05) is 42.4 Å². The summed E-state index contributed by atoms with van der Waals surface area (Å²) in [7, 11) is 0. The molecule has 0 aliphatic heterocycles. The van der Waals surface area contributed by atoms with Crippen molar-refractivity contribution < 1.29 is 30.0 Å². The quantitative estimate of drug-likeness (QED) is 0.176. The Morgan fingerprint density at radius 2 is 1.50 bits per heavy atom. The second-order valence-electron chi connectivity index (χ2n) is 10.9. The van der Waals surface area contributed by atoms with Crippen molar-refractivity contribution in [2.45, 2.75) is 69.2 Å². The van der Waals surface area contributed by atoms with Crippen molar-refractivity contribution in [2.75, 3.05) is 0 Å². The van der Waals surface area contributed by atoms with Crippen molar-refractivity contribution in [1.29, 1.82) is 0 Å². The summed E-state index contributed by atoms with van der Waals surface area (Å²) in [5.74, 6) is 0.104. The first-order chi connectivity index (χ1) is 15.1. The Bertz CT molecular complexity index is 1190. The number of aryl methyl sites for hydroxylation is 4. The van der Waals surface area contributed by atoms with Crippen LogP contribution in [0.25, 0.3) is 22.2 Å². The predicted molar refractivity (Wildman–Crippen MR) is 140 cm³/mol. The minimum Gasteiger partial charge on any atom is -0.512 e. The van der Waals surface area contributed by atoms with Crippen molar-refractivity contribution >= 4 is 16.7 Å². The van der Waals surface area contributed by atoms with E-state index in [4.69, 9.17) is 4.98 Å². The normalized spacial score (nSPS) is 12.0. The van der Waals surface area contributed by atoms with E-state index in [9.17, 15) is 9.90 Å². The number of rotatable bonds is 2. The molecule has 0 saturated heterocycles. The molecule has 1 aromatic heterocycles. The molecule has 0 atom stereocenters. The van der Waals surface area contributed by atoms with Gasteiger partial charge in [0.1, 0.15) is 5.76 Å². The third kappa shape index (κ3) is 7.89. The van der Waals surface area contributed by atoms with Gasteiger partial charge >= 0.3 is 0 Å². The SMILES string of the molecule is CC(C)(C)C(=O)/C=C(\O)C(C)(C)C.Cc1[c-]c(-c2cc(C)c3ccc(C)cc3n2)c(C)cc1.[Ir]. The number of hydrogen-bond donors (Lipinski definition) is 1. The van der Waals surface area contributed by atoms with Gasteiger partial charge < -0.3 is 5.11 Å². The summed E-state index contributed by atoms with van der Waals surface area (Å²) in [6.45, 7) is 19.6. The summed E-state index contributed by atoms with van der Waals surface area (Å²) in [6, 6.07) is 16.3. The van der Waals surface area contributed by atoms with Crippen LogP contribution in [0.4, 0.5) is 0 Å². The van der Waals surface area contributed by atoms with Gasteiger partial charge in [0.25, 0.3) is 0 Å². The third-order valence-electron chi connectivity index (χ3n) is 5.50. The molecular weight excluding hydrogens is 599 g/mol. The summed E-state index contributed by atoms with van der Waals surface area (Å²) >= 11 is 0. The molecule has 0 spiro atoms. The van der Waals surface area contributed by atoms with E-state index in [-0.39, 0.29) is 37.1 Å². The van der Waals surface area contributed by atoms with Crippen LogP contribution in [0.1, 0.15) is 63.8 Å². The van der Waals surface area contributed by atoms with Gasteiger partial charge in [-0.15, -0.1) is 34.9 Å². The molecule has 4 heteroatoms. The minimum atomic E-state index is -0.417. The van der Waals surface area contributed by atoms with Crippen molar-refractivity contribution in [3.05, 3.63) is 76.6 Å². The van der Waals surface area contributed by atoms with E-state index in [2.05, 4.69) is 70.2 Å². The number of carbonyl (C=O) groups is 1. The Morgan fingerprint density at radius 1 is 0.882 bits per heavy atom. The molecule has 0 aliphatic carbocycles. The van der Waals surface area contributed by atoms with E-state index in [0.29, 0.717) is 0 Å². The van der Waals surface area contributed by atoms with E-state index < -0.39 is 5.41 Å². The Morgan fingerprint density at radius 3 is 2.06 bits per heavy atom. The molecule has 0 aliphatic rings. The summed E-state index contributed by atoms with van der Waals surface area (Å²) in [5, 5.41) is 10.8. The fraction of sp³-hybridized carbons (Fsp3) is 0.400. The molecule has 0 saturated carbocycles. The molecule has 1 heterocycles. The summed E-state index contributed by atoms with van der Waals surface area (Å²) in [4.78, 5) is 16.3. The fourth-order valence-electron chi connectivity index (χ4n) is 3.13. The van der Waals surface area contributed by atoms with Crippen LogP contribution in [0.2, 0.25) is 0 Å². The molecule has 2 aromatic carbocycles. The van der Waals surface area contributed by atoms with Crippen LogP contribution in [-0.2, 0) is 24.9 Å². The number of aliphatic hydroxyl groups is 1. The largest absolute Gasteiger partial charge is 0.512 e. The monoisotopic (exact) mass is 637 g/mol. The molecule has 3 aromatic rings. The number of pyridine rings is 1. The first kappa shape index (κ1) is 29.7. The average Bonchev–Trinajstić information content (AvgIpc) is 2.68. The van der Waals surface area contributed by atoms with Gasteiger partial charge in [-0.2, -0.15) is 0 Å². The van der Waals surface area contributed by atoms with E-state index in [0.717, 1.165) is 22.3 Å². The maximum absolute atomic E-state index is 11.5. The maximum atomic E-state index is 11.5. The topological polar surface area (TPSA) is 50.2 Å². The Labute approximate surface area is 219 Å². The van der Waals surface area contributed by atoms with Crippen molar-refractivity contribution in [3.63, 3.8) is 0 Å². The van der Waals surface area contributed by atoms with Gasteiger partial charge in [-0.3, -0.25) is 9.78 Å². The zero-order valence-corrected chi connectivity index (χ0v) is 24.6. The smallest absolute Gasteiger partial charge is 0.164 e. The Kier molecular flexibility index (Phi) is 9.99. The van der Waals surface area contributed by atoms with Gasteiger partial charge in [-0.25, -0.2) is 0 Å². The van der Waals surface area contributed by atoms with Gasteiger partial charge in [-0.05, 0) is 36.7 Å². The molecule has 185 valence electrons. The Hall–Kier alpha value is -2.29. The van der Waals surface area contributed by atoms with E-state index in [1.807, 2.05) is 41.5 Å². The number of allylic oxidation sites excluding steroid dienone is 2. The fourth-order valence-corrected chi connectivity index (χ4v) is 3.13. The number of nitrogens with zero attached hydrogens (tertiary/aromatic N) is 1. The van der Waals surface area contributed by atoms with Gasteiger partial charge in [0.15, 0.2) is 5.78 Å². The van der Waals surface area contributed by atoms with Crippen LogP contribution in [-0.4, -0.2) is 15.9 Å². The molecule has 0 bridgehead atoms. The van der Waals surface area contributed by atoms with Crippen molar-refractivity contribution in [3.8, 4) is 11.3 Å². The molecule has 1 N–H and O–H groups in total. The van der Waals surface area contributed by atoms with E-state index in [1.54, 1.807) is 0 Å². The van der Waals surface area contributed by atoms with Crippen LogP contribution < -0.4 is 0 Å². The molecule has 0 unspecified atom stereocenters. The second kappa shape index (κ2) is 11.4. The first-order valence-electron chi connectivity index (χ1n) is 11.4. The molecule has 0 fully saturated rings. The van der Waals surface area contributed by atoms with Crippen LogP contribution in [0.3, 0.4) is 0 Å². The van der Waals surface area contributed by atoms with Crippen molar-refractivity contribution in [1.82, 2.24) is 4.98 Å². The number of hydrogen-bond acceptors (Lipinski definition) is 3. The number of fused-ring (bicyclic) bond motifs is 1. The van der Waals surface area contributed by atoms with Gasteiger partial charge in [0.05, 0.1) is 5.52 Å². The molecule has 1 radical (unpaired) electrons. The van der Waals surface area contributed by atoms with Crippen LogP contribution >= 0.6 is 0 Å².